The Morgan fingerprint density at radius 3 is 2.33 bits per heavy atom. The van der Waals surface area contributed by atoms with Crippen LogP contribution in [-0.4, -0.2) is 13.2 Å². The molecular formula is C14H18BrClO2. The van der Waals surface area contributed by atoms with Gasteiger partial charge in [0.15, 0.2) is 11.5 Å². The van der Waals surface area contributed by atoms with E-state index in [4.69, 9.17) is 21.1 Å². The lowest BCUT2D eigenvalue weighted by molar-refractivity contribution is 0.171. The van der Waals surface area contributed by atoms with Gasteiger partial charge in [0, 0.05) is 15.9 Å². The smallest absolute Gasteiger partial charge is 0.162 e. The second-order valence-electron chi connectivity index (χ2n) is 5.75. The molecule has 0 fully saturated rings. The van der Waals surface area contributed by atoms with Crippen LogP contribution in [0.4, 0.5) is 0 Å². The van der Waals surface area contributed by atoms with Crippen molar-refractivity contribution in [3.8, 4) is 11.5 Å². The second-order valence-corrected chi connectivity index (χ2v) is 7.26. The Bertz CT molecular complexity index is 440. The van der Waals surface area contributed by atoms with Gasteiger partial charge in [-0.25, -0.2) is 0 Å². The summed E-state index contributed by atoms with van der Waals surface area (Å²) in [7, 11) is 0. The first-order chi connectivity index (χ1) is 8.37. The van der Waals surface area contributed by atoms with Crippen LogP contribution < -0.4 is 9.47 Å². The Morgan fingerprint density at radius 2 is 1.78 bits per heavy atom. The van der Waals surface area contributed by atoms with E-state index in [2.05, 4.69) is 36.7 Å². The summed E-state index contributed by atoms with van der Waals surface area (Å²) in [6, 6.07) is 3.84. The second kappa shape index (κ2) is 5.30. The first-order valence-corrected chi connectivity index (χ1v) is 7.39. The molecule has 0 radical (unpaired) electrons. The third-order valence-electron chi connectivity index (χ3n) is 2.79. The van der Waals surface area contributed by atoms with E-state index in [1.165, 1.54) is 0 Å². The van der Waals surface area contributed by atoms with Crippen LogP contribution in [0.2, 0.25) is 5.02 Å². The fourth-order valence-electron chi connectivity index (χ4n) is 1.97. The van der Waals surface area contributed by atoms with E-state index >= 15 is 0 Å². The van der Waals surface area contributed by atoms with Gasteiger partial charge < -0.3 is 9.47 Å². The Balaban J connectivity index is 2.27. The lowest BCUT2D eigenvalue weighted by Crippen LogP contribution is -2.16. The molecule has 18 heavy (non-hydrogen) atoms. The molecule has 1 atom stereocenters. The number of hydrogen-bond acceptors (Lipinski definition) is 2. The molecule has 0 bridgehead atoms. The maximum atomic E-state index is 6.32. The normalized spacial score (nSPS) is 16.5. The summed E-state index contributed by atoms with van der Waals surface area (Å²) in [6.45, 7) is 7.83. The van der Waals surface area contributed by atoms with Crippen LogP contribution in [0.25, 0.3) is 0 Å². The highest BCUT2D eigenvalue weighted by molar-refractivity contribution is 9.09. The molecule has 100 valence electrons. The minimum atomic E-state index is 0.223. The van der Waals surface area contributed by atoms with Crippen LogP contribution >= 0.6 is 27.5 Å². The molecule has 0 N–H and O–H groups in total. The number of halogens is 2. The van der Waals surface area contributed by atoms with E-state index in [0.717, 1.165) is 28.5 Å². The van der Waals surface area contributed by atoms with Crippen LogP contribution in [0.5, 0.6) is 11.5 Å². The Labute approximate surface area is 122 Å². The van der Waals surface area contributed by atoms with Crippen LogP contribution in [0.1, 0.15) is 37.6 Å². The van der Waals surface area contributed by atoms with E-state index in [1.807, 2.05) is 12.1 Å². The predicted molar refractivity (Wildman–Crippen MR) is 78.2 cm³/mol. The summed E-state index contributed by atoms with van der Waals surface area (Å²) in [5.41, 5.74) is 1.31. The quantitative estimate of drug-likeness (QED) is 0.710. The summed E-state index contributed by atoms with van der Waals surface area (Å²) in [5, 5.41) is 0.727. The zero-order valence-corrected chi connectivity index (χ0v) is 13.3. The highest BCUT2D eigenvalue weighted by Crippen LogP contribution is 2.43. The van der Waals surface area contributed by atoms with Crippen molar-refractivity contribution >= 4 is 27.5 Å². The van der Waals surface area contributed by atoms with Gasteiger partial charge >= 0.3 is 0 Å². The molecule has 1 aliphatic heterocycles. The van der Waals surface area contributed by atoms with Gasteiger partial charge in [0.05, 0.1) is 0 Å². The van der Waals surface area contributed by atoms with Crippen molar-refractivity contribution in [1.82, 2.24) is 0 Å². The van der Waals surface area contributed by atoms with Crippen LogP contribution in [0, 0.1) is 5.41 Å². The molecule has 1 aliphatic rings. The average Bonchev–Trinajstić information content (AvgIpc) is 2.25. The molecule has 0 aliphatic carbocycles. The van der Waals surface area contributed by atoms with Gasteiger partial charge in [-0.2, -0.15) is 0 Å². The molecule has 1 aromatic rings. The summed E-state index contributed by atoms with van der Waals surface area (Å²) in [5.74, 6) is 1.53. The highest BCUT2D eigenvalue weighted by Gasteiger charge is 2.23. The number of benzene rings is 1. The van der Waals surface area contributed by atoms with Crippen LogP contribution in [0.15, 0.2) is 12.1 Å². The van der Waals surface area contributed by atoms with Gasteiger partial charge in [0.25, 0.3) is 0 Å². The highest BCUT2D eigenvalue weighted by atomic mass is 79.9. The maximum Gasteiger partial charge on any atom is 0.162 e. The number of rotatable bonds is 2. The fraction of sp³-hybridized carbons (Fsp3) is 0.571. The third-order valence-corrected chi connectivity index (χ3v) is 3.93. The molecule has 1 aromatic carbocycles. The molecule has 0 saturated heterocycles. The van der Waals surface area contributed by atoms with Crippen molar-refractivity contribution in [2.24, 2.45) is 5.41 Å². The van der Waals surface area contributed by atoms with Gasteiger partial charge in [0.1, 0.15) is 13.2 Å². The van der Waals surface area contributed by atoms with Gasteiger partial charge in [-0.3, -0.25) is 0 Å². The largest absolute Gasteiger partial charge is 0.486 e. The van der Waals surface area contributed by atoms with Crippen molar-refractivity contribution in [3.05, 3.63) is 22.7 Å². The van der Waals surface area contributed by atoms with Crippen molar-refractivity contribution in [1.29, 1.82) is 0 Å². The molecule has 4 heteroatoms. The molecule has 0 aromatic heterocycles. The average molecular weight is 334 g/mol. The van der Waals surface area contributed by atoms with Crippen LogP contribution in [0.3, 0.4) is 0 Å². The minimum Gasteiger partial charge on any atom is -0.486 e. The van der Waals surface area contributed by atoms with Crippen LogP contribution in [-0.2, 0) is 0 Å². The lowest BCUT2D eigenvalue weighted by Gasteiger charge is -2.25. The molecule has 0 amide bonds. The third kappa shape index (κ3) is 3.33. The Morgan fingerprint density at radius 1 is 1.22 bits per heavy atom. The van der Waals surface area contributed by atoms with Gasteiger partial charge in [-0.15, -0.1) is 0 Å². The van der Waals surface area contributed by atoms with E-state index in [1.54, 1.807) is 0 Å². The van der Waals surface area contributed by atoms with E-state index in [-0.39, 0.29) is 10.2 Å². The standard InChI is InChI=1S/C14H18BrClO2/c1-14(2,3)8-10(15)9-6-12-13(7-11(9)16)18-5-4-17-12/h6-7,10H,4-5,8H2,1-3H3. The van der Waals surface area contributed by atoms with Gasteiger partial charge in [-0.05, 0) is 23.5 Å². The minimum absolute atomic E-state index is 0.223. The van der Waals surface area contributed by atoms with E-state index < -0.39 is 0 Å². The summed E-state index contributed by atoms with van der Waals surface area (Å²) in [6.07, 6.45) is 1.01. The fourth-order valence-corrected chi connectivity index (χ4v) is 3.73. The first-order valence-electron chi connectivity index (χ1n) is 6.10. The summed E-state index contributed by atoms with van der Waals surface area (Å²) >= 11 is 10.0. The number of hydrogen-bond donors (Lipinski definition) is 0. The summed E-state index contributed by atoms with van der Waals surface area (Å²) < 4.78 is 11.1. The first kappa shape index (κ1) is 14.0. The molecule has 1 unspecified atom stereocenters. The number of fused-ring (bicyclic) bond motifs is 1. The van der Waals surface area contributed by atoms with Crippen molar-refractivity contribution in [3.63, 3.8) is 0 Å². The molecule has 1 heterocycles. The lowest BCUT2D eigenvalue weighted by atomic mass is 9.88. The molecule has 2 nitrogen and oxygen atoms in total. The van der Waals surface area contributed by atoms with E-state index in [9.17, 15) is 0 Å². The Kier molecular flexibility index (Phi) is 4.12. The maximum absolute atomic E-state index is 6.32. The molecule has 2 rings (SSSR count). The molecule has 0 saturated carbocycles. The Hall–Kier alpha value is -0.410. The van der Waals surface area contributed by atoms with Crippen molar-refractivity contribution in [2.45, 2.75) is 32.0 Å². The predicted octanol–water partition coefficient (Wildman–Crippen LogP) is 4.98. The molecule has 0 spiro atoms. The number of ether oxygens (including phenoxy) is 2. The van der Waals surface area contributed by atoms with Gasteiger partial charge in [0.2, 0.25) is 0 Å². The monoisotopic (exact) mass is 332 g/mol. The van der Waals surface area contributed by atoms with Crippen molar-refractivity contribution < 1.29 is 9.47 Å². The van der Waals surface area contributed by atoms with Crippen molar-refractivity contribution in [2.75, 3.05) is 13.2 Å². The SMILES string of the molecule is CC(C)(C)CC(Br)c1cc2c(cc1Cl)OCCO2. The van der Waals surface area contributed by atoms with Gasteiger partial charge in [-0.1, -0.05) is 48.3 Å². The topological polar surface area (TPSA) is 18.5 Å². The number of alkyl halides is 1. The summed E-state index contributed by atoms with van der Waals surface area (Å²) in [4.78, 5) is 0.223. The molecular weight excluding hydrogens is 316 g/mol. The zero-order valence-electron chi connectivity index (χ0n) is 10.9. The zero-order chi connectivity index (χ0) is 13.3. The van der Waals surface area contributed by atoms with E-state index in [0.29, 0.717) is 13.2 Å².